The van der Waals surface area contributed by atoms with Crippen LogP contribution in [-0.4, -0.2) is 27.3 Å². The first-order chi connectivity index (χ1) is 14.1. The molecule has 7 nitrogen and oxygen atoms in total. The van der Waals surface area contributed by atoms with Gasteiger partial charge in [-0.15, -0.1) is 10.2 Å². The Morgan fingerprint density at radius 2 is 2.07 bits per heavy atom. The fourth-order valence-corrected chi connectivity index (χ4v) is 3.15. The van der Waals surface area contributed by atoms with Crippen molar-refractivity contribution in [3.8, 4) is 17.3 Å². The number of hydrogen-bond donors (Lipinski definition) is 0. The van der Waals surface area contributed by atoms with Gasteiger partial charge in [0.15, 0.2) is 5.76 Å². The molecule has 3 heterocycles. The molecule has 148 valence electrons. The summed E-state index contributed by atoms with van der Waals surface area (Å²) in [6.45, 7) is 0.242. The summed E-state index contributed by atoms with van der Waals surface area (Å²) >= 11 is 13.3. The fraction of sp³-hybridized carbons (Fsp3) is 0.105. The minimum Gasteiger partial charge on any atom is -0.486 e. The number of thioether (sulfide) groups is 1. The van der Waals surface area contributed by atoms with Crippen molar-refractivity contribution in [1.29, 1.82) is 0 Å². The van der Waals surface area contributed by atoms with E-state index in [4.69, 9.17) is 36.8 Å². The zero-order valence-corrected chi connectivity index (χ0v) is 17.4. The lowest BCUT2D eigenvalue weighted by atomic mass is 10.3. The number of halogens is 2. The lowest BCUT2D eigenvalue weighted by Crippen LogP contribution is -1.96. The van der Waals surface area contributed by atoms with Crippen molar-refractivity contribution in [2.24, 2.45) is 5.10 Å². The molecule has 0 fully saturated rings. The van der Waals surface area contributed by atoms with Gasteiger partial charge in [-0.25, -0.2) is 0 Å². The van der Waals surface area contributed by atoms with Crippen LogP contribution in [0.15, 0.2) is 67.8 Å². The summed E-state index contributed by atoms with van der Waals surface area (Å²) in [6, 6.07) is 12.3. The highest BCUT2D eigenvalue weighted by Crippen LogP contribution is 2.27. The van der Waals surface area contributed by atoms with Gasteiger partial charge >= 0.3 is 0 Å². The normalized spacial score (nSPS) is 11.4. The van der Waals surface area contributed by atoms with Crippen molar-refractivity contribution >= 4 is 41.2 Å². The van der Waals surface area contributed by atoms with Gasteiger partial charge in [0.1, 0.15) is 23.9 Å². The van der Waals surface area contributed by atoms with Crippen LogP contribution in [0.5, 0.6) is 5.75 Å². The highest BCUT2D eigenvalue weighted by molar-refractivity contribution is 7.98. The Morgan fingerprint density at radius 3 is 2.83 bits per heavy atom. The predicted octanol–water partition coefficient (Wildman–Crippen LogP) is 5.62. The van der Waals surface area contributed by atoms with E-state index in [0.29, 0.717) is 44.1 Å². The highest BCUT2D eigenvalue weighted by atomic mass is 35.5. The Hall–Kier alpha value is -2.68. The average molecular weight is 449 g/mol. The molecule has 0 radical (unpaired) electrons. The summed E-state index contributed by atoms with van der Waals surface area (Å²) < 4.78 is 18.4. The Kier molecular flexibility index (Phi) is 5.94. The SMILES string of the molecule is CSc1nnc(-c2ccco2)n1N=Cc1ccc(COc2ccc(Cl)c(Cl)c2)o1. The lowest BCUT2D eigenvalue weighted by Gasteiger charge is -2.05. The van der Waals surface area contributed by atoms with Crippen molar-refractivity contribution in [2.45, 2.75) is 11.8 Å². The molecule has 0 saturated carbocycles. The molecule has 1 aromatic carbocycles. The van der Waals surface area contributed by atoms with Gasteiger partial charge < -0.3 is 13.6 Å². The topological polar surface area (TPSA) is 78.6 Å². The summed E-state index contributed by atoms with van der Waals surface area (Å²) in [5.74, 6) is 2.88. The molecule has 0 amide bonds. The molecular formula is C19H14Cl2N4O3S. The quantitative estimate of drug-likeness (QED) is 0.269. The monoisotopic (exact) mass is 448 g/mol. The number of furan rings is 2. The van der Waals surface area contributed by atoms with Gasteiger partial charge in [0, 0.05) is 6.07 Å². The number of benzene rings is 1. The molecule has 0 N–H and O–H groups in total. The van der Waals surface area contributed by atoms with Gasteiger partial charge in [0.25, 0.3) is 0 Å². The second kappa shape index (κ2) is 8.77. The molecule has 0 spiro atoms. The van der Waals surface area contributed by atoms with Gasteiger partial charge in [-0.3, -0.25) is 0 Å². The summed E-state index contributed by atoms with van der Waals surface area (Å²) in [4.78, 5) is 0. The zero-order chi connectivity index (χ0) is 20.2. The maximum atomic E-state index is 5.99. The van der Waals surface area contributed by atoms with Crippen molar-refractivity contribution in [3.05, 3.63) is 70.3 Å². The lowest BCUT2D eigenvalue weighted by molar-refractivity contribution is 0.270. The van der Waals surface area contributed by atoms with Crippen molar-refractivity contribution < 1.29 is 13.6 Å². The highest BCUT2D eigenvalue weighted by Gasteiger charge is 2.15. The van der Waals surface area contributed by atoms with Crippen LogP contribution >= 0.6 is 35.0 Å². The third kappa shape index (κ3) is 4.50. The molecule has 0 aliphatic carbocycles. The van der Waals surface area contributed by atoms with Gasteiger partial charge in [0.05, 0.1) is 22.5 Å². The van der Waals surface area contributed by atoms with E-state index in [1.165, 1.54) is 11.8 Å². The van der Waals surface area contributed by atoms with Gasteiger partial charge in [-0.2, -0.15) is 9.78 Å². The molecule has 0 atom stereocenters. The maximum absolute atomic E-state index is 5.99. The Labute approximate surface area is 180 Å². The summed E-state index contributed by atoms with van der Waals surface area (Å²) in [7, 11) is 0. The second-order valence-corrected chi connectivity index (χ2v) is 7.30. The zero-order valence-electron chi connectivity index (χ0n) is 15.1. The predicted molar refractivity (Wildman–Crippen MR) is 112 cm³/mol. The molecule has 10 heteroatoms. The first kappa shape index (κ1) is 19.6. The van der Waals surface area contributed by atoms with Crippen LogP contribution in [-0.2, 0) is 6.61 Å². The van der Waals surface area contributed by atoms with Crippen LogP contribution in [0.4, 0.5) is 0 Å². The van der Waals surface area contributed by atoms with E-state index < -0.39 is 0 Å². The Bertz CT molecular complexity index is 1140. The molecule has 29 heavy (non-hydrogen) atoms. The Balaban J connectivity index is 1.47. The van der Waals surface area contributed by atoms with Gasteiger partial charge in [-0.05, 0) is 42.7 Å². The molecule has 0 bridgehead atoms. The summed E-state index contributed by atoms with van der Waals surface area (Å²) in [5.41, 5.74) is 0. The number of nitrogens with zero attached hydrogens (tertiary/aromatic N) is 4. The largest absolute Gasteiger partial charge is 0.486 e. The number of rotatable bonds is 7. The number of hydrogen-bond acceptors (Lipinski definition) is 7. The molecule has 0 unspecified atom stereocenters. The average Bonchev–Trinajstić information content (AvgIpc) is 3.47. The minimum absolute atomic E-state index is 0.242. The van der Waals surface area contributed by atoms with E-state index in [0.717, 1.165) is 0 Å². The number of aromatic nitrogens is 3. The van der Waals surface area contributed by atoms with Gasteiger partial charge in [0.2, 0.25) is 11.0 Å². The van der Waals surface area contributed by atoms with Crippen LogP contribution in [0.25, 0.3) is 11.6 Å². The second-order valence-electron chi connectivity index (χ2n) is 5.71. The smallest absolute Gasteiger partial charge is 0.221 e. The Morgan fingerprint density at radius 1 is 1.17 bits per heavy atom. The molecular weight excluding hydrogens is 435 g/mol. The van der Waals surface area contributed by atoms with Crippen LogP contribution in [0.1, 0.15) is 11.5 Å². The van der Waals surface area contributed by atoms with E-state index in [1.807, 2.05) is 12.3 Å². The molecule has 0 aliphatic heterocycles. The minimum atomic E-state index is 0.242. The third-order valence-corrected chi connectivity index (χ3v) is 5.15. The van der Waals surface area contributed by atoms with E-state index in [-0.39, 0.29) is 6.61 Å². The number of ether oxygens (including phenoxy) is 1. The van der Waals surface area contributed by atoms with E-state index in [9.17, 15) is 0 Å². The van der Waals surface area contributed by atoms with Crippen LogP contribution < -0.4 is 4.74 Å². The molecule has 4 rings (SSSR count). The molecule has 0 saturated heterocycles. The molecule has 4 aromatic rings. The first-order valence-electron chi connectivity index (χ1n) is 8.38. The van der Waals surface area contributed by atoms with E-state index in [1.54, 1.807) is 53.6 Å². The van der Waals surface area contributed by atoms with Crippen molar-refractivity contribution in [1.82, 2.24) is 14.9 Å². The van der Waals surface area contributed by atoms with Crippen molar-refractivity contribution in [2.75, 3.05) is 6.26 Å². The first-order valence-corrected chi connectivity index (χ1v) is 10.4. The van der Waals surface area contributed by atoms with Gasteiger partial charge in [-0.1, -0.05) is 35.0 Å². The standard InChI is InChI=1S/C19H14Cl2N4O3S/c1-29-19-24-23-18(17-3-2-8-26-17)25(19)22-10-13-4-5-14(28-13)11-27-12-6-7-15(20)16(21)9-12/h2-10H,11H2,1H3. The van der Waals surface area contributed by atoms with Crippen LogP contribution in [0.3, 0.4) is 0 Å². The van der Waals surface area contributed by atoms with Crippen molar-refractivity contribution in [3.63, 3.8) is 0 Å². The molecule has 3 aromatic heterocycles. The summed E-state index contributed by atoms with van der Waals surface area (Å²) in [6.07, 6.45) is 5.05. The third-order valence-electron chi connectivity index (χ3n) is 3.79. The fourth-order valence-electron chi connectivity index (χ4n) is 2.43. The van der Waals surface area contributed by atoms with E-state index in [2.05, 4.69) is 15.3 Å². The van der Waals surface area contributed by atoms with E-state index >= 15 is 0 Å². The van der Waals surface area contributed by atoms with Crippen LogP contribution in [0, 0.1) is 0 Å². The summed E-state index contributed by atoms with van der Waals surface area (Å²) in [5, 5.41) is 14.2. The molecule has 0 aliphatic rings. The van der Waals surface area contributed by atoms with Crippen LogP contribution in [0.2, 0.25) is 10.0 Å². The maximum Gasteiger partial charge on any atom is 0.221 e.